The molecule has 0 fully saturated rings. The standard InChI is InChI=1S/C18H26O2/c1-2-3-4-5-6-7-8-9-10-11-12-13-14-15-16-17-18(19)20/h9-10H,2-3,8,11-17H2,1H3,(H,19,20)/b10-9-. The maximum atomic E-state index is 10.3. The van der Waals surface area contributed by atoms with E-state index in [1.165, 1.54) is 12.8 Å². The molecule has 0 aromatic rings. The van der Waals surface area contributed by atoms with Crippen molar-refractivity contribution in [3.8, 4) is 23.7 Å². The summed E-state index contributed by atoms with van der Waals surface area (Å²) < 4.78 is 0. The molecule has 2 nitrogen and oxygen atoms in total. The number of allylic oxidation sites excluding steroid dienone is 2. The average molecular weight is 274 g/mol. The quantitative estimate of drug-likeness (QED) is 0.360. The zero-order valence-electron chi connectivity index (χ0n) is 12.6. The second kappa shape index (κ2) is 15.4. The van der Waals surface area contributed by atoms with Crippen molar-refractivity contribution in [1.82, 2.24) is 0 Å². The van der Waals surface area contributed by atoms with Gasteiger partial charge in [0.1, 0.15) is 0 Å². The lowest BCUT2D eigenvalue weighted by Crippen LogP contribution is -1.93. The second-order valence-electron chi connectivity index (χ2n) is 4.73. The van der Waals surface area contributed by atoms with Crippen LogP contribution in [0.2, 0.25) is 0 Å². The lowest BCUT2D eigenvalue weighted by molar-refractivity contribution is -0.137. The Morgan fingerprint density at radius 1 is 1.00 bits per heavy atom. The molecular formula is C18H26O2. The van der Waals surface area contributed by atoms with Crippen molar-refractivity contribution in [2.24, 2.45) is 0 Å². The van der Waals surface area contributed by atoms with E-state index in [9.17, 15) is 4.79 Å². The van der Waals surface area contributed by atoms with E-state index in [0.29, 0.717) is 6.42 Å². The maximum Gasteiger partial charge on any atom is 0.303 e. The molecule has 0 unspecified atom stereocenters. The van der Waals surface area contributed by atoms with E-state index < -0.39 is 5.97 Å². The summed E-state index contributed by atoms with van der Waals surface area (Å²) in [6.07, 6.45) is 13.8. The van der Waals surface area contributed by atoms with Crippen LogP contribution in [-0.4, -0.2) is 11.1 Å². The first-order chi connectivity index (χ1) is 9.77. The van der Waals surface area contributed by atoms with Gasteiger partial charge < -0.3 is 5.11 Å². The summed E-state index contributed by atoms with van der Waals surface area (Å²) in [5.74, 6) is 11.0. The summed E-state index contributed by atoms with van der Waals surface area (Å²) in [6, 6.07) is 0. The van der Waals surface area contributed by atoms with Gasteiger partial charge in [-0.25, -0.2) is 0 Å². The second-order valence-corrected chi connectivity index (χ2v) is 4.73. The van der Waals surface area contributed by atoms with Gasteiger partial charge in [-0.3, -0.25) is 4.79 Å². The fourth-order valence-electron chi connectivity index (χ4n) is 1.66. The summed E-state index contributed by atoms with van der Waals surface area (Å²) in [7, 11) is 0. The van der Waals surface area contributed by atoms with Crippen molar-refractivity contribution in [3.63, 3.8) is 0 Å². The summed E-state index contributed by atoms with van der Waals surface area (Å²) in [4.78, 5) is 10.3. The van der Waals surface area contributed by atoms with Crippen molar-refractivity contribution in [3.05, 3.63) is 12.2 Å². The van der Waals surface area contributed by atoms with Gasteiger partial charge in [-0.1, -0.05) is 50.2 Å². The molecule has 0 rings (SSSR count). The molecule has 1 N–H and O–H groups in total. The van der Waals surface area contributed by atoms with Gasteiger partial charge in [0.15, 0.2) is 0 Å². The number of carbonyl (C=O) groups is 1. The Kier molecular flexibility index (Phi) is 14.1. The largest absolute Gasteiger partial charge is 0.481 e. The average Bonchev–Trinajstić information content (AvgIpc) is 2.43. The third-order valence-corrected chi connectivity index (χ3v) is 2.76. The third-order valence-electron chi connectivity index (χ3n) is 2.76. The highest BCUT2D eigenvalue weighted by atomic mass is 16.4. The molecule has 110 valence electrons. The molecule has 0 amide bonds. The first-order valence-electron chi connectivity index (χ1n) is 7.60. The molecule has 0 radical (unpaired) electrons. The summed E-state index contributed by atoms with van der Waals surface area (Å²) in [5.41, 5.74) is 0. The van der Waals surface area contributed by atoms with Gasteiger partial charge in [-0.2, -0.15) is 0 Å². The van der Waals surface area contributed by atoms with E-state index in [-0.39, 0.29) is 0 Å². The summed E-state index contributed by atoms with van der Waals surface area (Å²) in [6.45, 7) is 2.11. The molecule has 0 aliphatic rings. The number of carboxylic acids is 1. The van der Waals surface area contributed by atoms with Crippen molar-refractivity contribution in [2.45, 2.75) is 71.1 Å². The van der Waals surface area contributed by atoms with Crippen LogP contribution in [0.3, 0.4) is 0 Å². The van der Waals surface area contributed by atoms with E-state index >= 15 is 0 Å². The van der Waals surface area contributed by atoms with Gasteiger partial charge >= 0.3 is 5.97 Å². The molecule has 0 bridgehead atoms. The monoisotopic (exact) mass is 274 g/mol. The molecule has 0 saturated carbocycles. The minimum atomic E-state index is -0.687. The Morgan fingerprint density at radius 2 is 1.70 bits per heavy atom. The first kappa shape index (κ1) is 18.3. The number of aliphatic carboxylic acids is 1. The molecule has 0 atom stereocenters. The van der Waals surface area contributed by atoms with Crippen molar-refractivity contribution in [1.29, 1.82) is 0 Å². The minimum absolute atomic E-state index is 0.305. The van der Waals surface area contributed by atoms with Gasteiger partial charge in [-0.05, 0) is 37.5 Å². The lowest BCUT2D eigenvalue weighted by atomic mass is 10.1. The number of carboxylic acid groups (broad SMARTS) is 1. The lowest BCUT2D eigenvalue weighted by Gasteiger charge is -1.97. The van der Waals surface area contributed by atoms with E-state index in [1.54, 1.807) is 0 Å². The minimum Gasteiger partial charge on any atom is -0.481 e. The number of hydrogen-bond donors (Lipinski definition) is 1. The Labute approximate surface area is 123 Å². The molecular weight excluding hydrogens is 248 g/mol. The molecule has 0 aromatic heterocycles. The van der Waals surface area contributed by atoms with E-state index in [2.05, 4.69) is 42.8 Å². The highest BCUT2D eigenvalue weighted by molar-refractivity contribution is 5.66. The van der Waals surface area contributed by atoms with Crippen LogP contribution in [0, 0.1) is 23.7 Å². The van der Waals surface area contributed by atoms with Gasteiger partial charge in [0.25, 0.3) is 0 Å². The highest BCUT2D eigenvalue weighted by Gasteiger charge is 1.95. The highest BCUT2D eigenvalue weighted by Crippen LogP contribution is 2.07. The number of rotatable bonds is 10. The van der Waals surface area contributed by atoms with E-state index in [0.717, 1.165) is 44.9 Å². The van der Waals surface area contributed by atoms with Crippen LogP contribution in [0.1, 0.15) is 71.1 Å². The van der Waals surface area contributed by atoms with E-state index in [4.69, 9.17) is 5.11 Å². The Balaban J connectivity index is 3.32. The van der Waals surface area contributed by atoms with Crippen molar-refractivity contribution < 1.29 is 9.90 Å². The maximum absolute atomic E-state index is 10.3. The molecule has 0 spiro atoms. The predicted octanol–water partition coefficient (Wildman–Crippen LogP) is 4.55. The van der Waals surface area contributed by atoms with Crippen LogP contribution < -0.4 is 0 Å². The molecule has 2 heteroatoms. The van der Waals surface area contributed by atoms with Gasteiger partial charge in [-0.15, -0.1) is 0 Å². The van der Waals surface area contributed by atoms with Crippen LogP contribution in [0.4, 0.5) is 0 Å². The molecule has 20 heavy (non-hydrogen) atoms. The van der Waals surface area contributed by atoms with E-state index in [1.807, 2.05) is 0 Å². The first-order valence-corrected chi connectivity index (χ1v) is 7.60. The fraction of sp³-hybridized carbons (Fsp3) is 0.611. The Morgan fingerprint density at radius 3 is 2.45 bits per heavy atom. The SMILES string of the molecule is CCCC#CC#CC/C=C\CCCCCCCC(=O)O. The predicted molar refractivity (Wildman–Crippen MR) is 84.2 cm³/mol. The Hall–Kier alpha value is -1.67. The summed E-state index contributed by atoms with van der Waals surface area (Å²) >= 11 is 0. The van der Waals surface area contributed by atoms with Crippen molar-refractivity contribution >= 4 is 5.97 Å². The van der Waals surface area contributed by atoms with Crippen LogP contribution in [0.5, 0.6) is 0 Å². The third kappa shape index (κ3) is 16.3. The van der Waals surface area contributed by atoms with Gasteiger partial charge in [0.05, 0.1) is 0 Å². The van der Waals surface area contributed by atoms with Crippen LogP contribution in [0.15, 0.2) is 12.2 Å². The molecule has 0 saturated heterocycles. The zero-order valence-corrected chi connectivity index (χ0v) is 12.6. The number of hydrogen-bond acceptors (Lipinski definition) is 1. The molecule has 0 aliphatic carbocycles. The normalized spacial score (nSPS) is 9.65. The molecule has 0 heterocycles. The Bertz CT molecular complexity index is 385. The molecule has 0 aromatic carbocycles. The van der Waals surface area contributed by atoms with Crippen LogP contribution in [-0.2, 0) is 4.79 Å². The topological polar surface area (TPSA) is 37.3 Å². The van der Waals surface area contributed by atoms with Gasteiger partial charge in [0, 0.05) is 19.3 Å². The number of unbranched alkanes of at least 4 members (excludes halogenated alkanes) is 6. The van der Waals surface area contributed by atoms with Crippen LogP contribution >= 0.6 is 0 Å². The molecule has 0 aliphatic heterocycles. The fourth-order valence-corrected chi connectivity index (χ4v) is 1.66. The zero-order chi connectivity index (χ0) is 14.9. The smallest absolute Gasteiger partial charge is 0.303 e. The summed E-state index contributed by atoms with van der Waals surface area (Å²) in [5, 5.41) is 8.49. The van der Waals surface area contributed by atoms with Gasteiger partial charge in [0.2, 0.25) is 0 Å². The van der Waals surface area contributed by atoms with Crippen LogP contribution in [0.25, 0.3) is 0 Å². The van der Waals surface area contributed by atoms with Crippen molar-refractivity contribution in [2.75, 3.05) is 0 Å².